The first-order valence-electron chi connectivity index (χ1n) is 8.50. The van der Waals surface area contributed by atoms with Crippen molar-refractivity contribution in [2.24, 2.45) is 0 Å². The lowest BCUT2D eigenvalue weighted by molar-refractivity contribution is 0.0989. The maximum atomic E-state index is 12.8. The fourth-order valence-corrected chi connectivity index (χ4v) is 3.82. The van der Waals surface area contributed by atoms with Crippen molar-refractivity contribution in [3.63, 3.8) is 0 Å². The molecule has 4 rings (SSSR count). The van der Waals surface area contributed by atoms with Crippen LogP contribution in [0.25, 0.3) is 11.0 Å². The van der Waals surface area contributed by atoms with Gasteiger partial charge in [0.1, 0.15) is 11.3 Å². The SMILES string of the molecule is O=C(Cc1ccccc1)c1ncc(Cl)cc1NS(=O)c1cc2ccccc2o1. The number of ketones is 1. The molecule has 1 unspecified atom stereocenters. The zero-order valence-corrected chi connectivity index (χ0v) is 16.2. The highest BCUT2D eigenvalue weighted by Crippen LogP contribution is 2.25. The average Bonchev–Trinajstić information content (AvgIpc) is 3.13. The van der Waals surface area contributed by atoms with Crippen molar-refractivity contribution in [1.29, 1.82) is 0 Å². The number of carbonyl (C=O) groups is 1. The number of pyridine rings is 1. The Kier molecular flexibility index (Phi) is 5.23. The van der Waals surface area contributed by atoms with Crippen LogP contribution in [0.4, 0.5) is 5.69 Å². The number of hydrogen-bond acceptors (Lipinski definition) is 4. The fraction of sp³-hybridized carbons (Fsp3) is 0.0476. The standard InChI is InChI=1S/C21H15ClN2O3S/c22-16-12-17(21(23-13-16)18(25)10-14-6-2-1-3-7-14)24-28(26)20-11-15-8-4-5-9-19(15)27-20/h1-9,11-13,24H,10H2. The molecule has 0 amide bonds. The van der Waals surface area contributed by atoms with Gasteiger partial charge in [-0.25, -0.2) is 9.19 Å². The third kappa shape index (κ3) is 3.98. The molecule has 0 saturated carbocycles. The molecule has 2 aromatic heterocycles. The normalized spacial score (nSPS) is 12.0. The number of carbonyl (C=O) groups excluding carboxylic acids is 1. The Labute approximate surface area is 168 Å². The van der Waals surface area contributed by atoms with Crippen molar-refractivity contribution in [1.82, 2.24) is 4.98 Å². The van der Waals surface area contributed by atoms with Gasteiger partial charge in [-0.05, 0) is 17.7 Å². The van der Waals surface area contributed by atoms with Crippen LogP contribution in [-0.2, 0) is 17.4 Å². The van der Waals surface area contributed by atoms with Crippen LogP contribution in [0.2, 0.25) is 5.02 Å². The molecule has 0 saturated heterocycles. The van der Waals surface area contributed by atoms with Crippen molar-refractivity contribution < 1.29 is 13.4 Å². The molecule has 2 heterocycles. The number of aromatic nitrogens is 1. The second-order valence-electron chi connectivity index (χ2n) is 6.11. The largest absolute Gasteiger partial charge is 0.445 e. The Morgan fingerprint density at radius 2 is 1.82 bits per heavy atom. The lowest BCUT2D eigenvalue weighted by Crippen LogP contribution is -2.13. The number of nitrogens with zero attached hydrogens (tertiary/aromatic N) is 1. The summed E-state index contributed by atoms with van der Waals surface area (Å²) in [6, 6.07) is 20.0. The van der Waals surface area contributed by atoms with Gasteiger partial charge >= 0.3 is 0 Å². The Morgan fingerprint density at radius 3 is 2.61 bits per heavy atom. The van der Waals surface area contributed by atoms with E-state index in [2.05, 4.69) is 9.71 Å². The van der Waals surface area contributed by atoms with Crippen LogP contribution in [-0.4, -0.2) is 15.0 Å². The number of nitrogens with one attached hydrogen (secondary N) is 1. The van der Waals surface area contributed by atoms with E-state index in [1.54, 1.807) is 12.1 Å². The van der Waals surface area contributed by atoms with E-state index < -0.39 is 11.0 Å². The fourth-order valence-electron chi connectivity index (χ4n) is 2.80. The Morgan fingerprint density at radius 1 is 1.07 bits per heavy atom. The van der Waals surface area contributed by atoms with E-state index in [0.29, 0.717) is 16.3 Å². The molecule has 0 aliphatic heterocycles. The minimum Gasteiger partial charge on any atom is -0.445 e. The zero-order chi connectivity index (χ0) is 19.5. The first-order chi connectivity index (χ1) is 13.6. The van der Waals surface area contributed by atoms with E-state index in [1.165, 1.54) is 12.3 Å². The smallest absolute Gasteiger partial charge is 0.212 e. The highest BCUT2D eigenvalue weighted by Gasteiger charge is 2.18. The molecule has 2 aromatic carbocycles. The number of Topliss-reactive ketones (excluding diaryl/α,β-unsaturated/α-hetero) is 1. The molecule has 0 bridgehead atoms. The molecule has 0 fully saturated rings. The molecule has 1 atom stereocenters. The maximum absolute atomic E-state index is 12.8. The van der Waals surface area contributed by atoms with Crippen LogP contribution in [0, 0.1) is 0 Å². The number of para-hydroxylation sites is 1. The van der Waals surface area contributed by atoms with Crippen molar-refractivity contribution in [2.75, 3.05) is 4.72 Å². The summed E-state index contributed by atoms with van der Waals surface area (Å²) in [5.74, 6) is -0.202. The third-order valence-electron chi connectivity index (χ3n) is 4.11. The molecule has 4 aromatic rings. The summed E-state index contributed by atoms with van der Waals surface area (Å²) in [7, 11) is -1.72. The number of rotatable bonds is 6. The summed E-state index contributed by atoms with van der Waals surface area (Å²) in [5.41, 5.74) is 1.98. The third-order valence-corrected chi connectivity index (χ3v) is 5.29. The molecule has 0 radical (unpaired) electrons. The molecule has 7 heteroatoms. The Balaban J connectivity index is 1.61. The maximum Gasteiger partial charge on any atom is 0.212 e. The van der Waals surface area contributed by atoms with Gasteiger partial charge in [0.05, 0.1) is 10.7 Å². The van der Waals surface area contributed by atoms with Crippen LogP contribution >= 0.6 is 11.6 Å². The Bertz CT molecular complexity index is 1140. The van der Waals surface area contributed by atoms with E-state index in [4.69, 9.17) is 16.0 Å². The van der Waals surface area contributed by atoms with Gasteiger partial charge in [-0.1, -0.05) is 60.1 Å². The highest BCUT2D eigenvalue weighted by molar-refractivity contribution is 7.86. The molecule has 28 heavy (non-hydrogen) atoms. The predicted octanol–water partition coefficient (Wildman–Crippen LogP) is 5.04. The molecular weight excluding hydrogens is 396 g/mol. The quantitative estimate of drug-likeness (QED) is 0.452. The van der Waals surface area contributed by atoms with Crippen LogP contribution in [0.5, 0.6) is 0 Å². The van der Waals surface area contributed by atoms with E-state index >= 15 is 0 Å². The summed E-state index contributed by atoms with van der Waals surface area (Å²) in [6.07, 6.45) is 1.58. The second-order valence-corrected chi connectivity index (χ2v) is 7.69. The van der Waals surface area contributed by atoms with Crippen molar-refractivity contribution in [2.45, 2.75) is 11.5 Å². The molecule has 0 aliphatic carbocycles. The Hall–Kier alpha value is -2.96. The number of benzene rings is 2. The zero-order valence-electron chi connectivity index (χ0n) is 14.6. The number of furan rings is 1. The summed E-state index contributed by atoms with van der Waals surface area (Å²) < 4.78 is 21.2. The van der Waals surface area contributed by atoms with Crippen LogP contribution in [0.15, 0.2) is 82.4 Å². The topological polar surface area (TPSA) is 72.2 Å². The monoisotopic (exact) mass is 410 g/mol. The summed E-state index contributed by atoms with van der Waals surface area (Å²) >= 11 is 6.04. The van der Waals surface area contributed by atoms with E-state index in [1.807, 2.05) is 48.5 Å². The highest BCUT2D eigenvalue weighted by atomic mass is 35.5. The first-order valence-corrected chi connectivity index (χ1v) is 10.0. The van der Waals surface area contributed by atoms with E-state index in [0.717, 1.165) is 10.9 Å². The van der Waals surface area contributed by atoms with Crippen LogP contribution in [0.1, 0.15) is 16.1 Å². The summed E-state index contributed by atoms with van der Waals surface area (Å²) in [6.45, 7) is 0. The van der Waals surface area contributed by atoms with E-state index in [-0.39, 0.29) is 23.0 Å². The molecule has 5 nitrogen and oxygen atoms in total. The van der Waals surface area contributed by atoms with Gasteiger partial charge in [-0.2, -0.15) is 0 Å². The van der Waals surface area contributed by atoms with Crippen molar-refractivity contribution in [3.8, 4) is 0 Å². The number of fused-ring (bicyclic) bond motifs is 1. The summed E-state index contributed by atoms with van der Waals surface area (Å²) in [4.78, 5) is 16.9. The lowest BCUT2D eigenvalue weighted by atomic mass is 10.1. The van der Waals surface area contributed by atoms with Gasteiger partial charge in [0, 0.05) is 24.1 Å². The van der Waals surface area contributed by atoms with Crippen LogP contribution < -0.4 is 4.72 Å². The van der Waals surface area contributed by atoms with Gasteiger partial charge in [-0.15, -0.1) is 0 Å². The summed E-state index contributed by atoms with van der Waals surface area (Å²) in [5, 5.41) is 1.43. The molecule has 1 N–H and O–H groups in total. The van der Waals surface area contributed by atoms with Crippen molar-refractivity contribution in [3.05, 3.63) is 89.2 Å². The van der Waals surface area contributed by atoms with Gasteiger partial charge in [0.2, 0.25) is 5.09 Å². The molecule has 0 spiro atoms. The van der Waals surface area contributed by atoms with Gasteiger partial charge in [0.15, 0.2) is 16.8 Å². The van der Waals surface area contributed by atoms with Gasteiger partial charge in [0.25, 0.3) is 0 Å². The minimum absolute atomic E-state index is 0.178. The van der Waals surface area contributed by atoms with Gasteiger partial charge < -0.3 is 4.42 Å². The second kappa shape index (κ2) is 7.96. The predicted molar refractivity (Wildman–Crippen MR) is 110 cm³/mol. The number of anilines is 1. The van der Waals surface area contributed by atoms with Crippen LogP contribution in [0.3, 0.4) is 0 Å². The van der Waals surface area contributed by atoms with Crippen molar-refractivity contribution >= 4 is 45.0 Å². The van der Waals surface area contributed by atoms with Gasteiger partial charge in [-0.3, -0.25) is 9.52 Å². The molecule has 0 aliphatic rings. The first kappa shape index (κ1) is 18.4. The molecule has 140 valence electrons. The number of hydrogen-bond donors (Lipinski definition) is 1. The number of halogens is 1. The average molecular weight is 411 g/mol. The van der Waals surface area contributed by atoms with E-state index in [9.17, 15) is 9.00 Å². The molecular formula is C21H15ClN2O3S. The minimum atomic E-state index is -1.72. The lowest BCUT2D eigenvalue weighted by Gasteiger charge is -2.09.